The van der Waals surface area contributed by atoms with Gasteiger partial charge in [-0.25, -0.2) is 12.7 Å². The Bertz CT molecular complexity index is 602. The van der Waals surface area contributed by atoms with E-state index in [0.29, 0.717) is 35.5 Å². The molecular weight excluding hydrogens is 316 g/mol. The number of rotatable bonds is 5. The van der Waals surface area contributed by atoms with E-state index in [-0.39, 0.29) is 5.75 Å². The summed E-state index contributed by atoms with van der Waals surface area (Å²) in [4.78, 5) is 4.30. The van der Waals surface area contributed by atoms with Gasteiger partial charge in [-0.1, -0.05) is 42.4 Å². The van der Waals surface area contributed by atoms with E-state index < -0.39 is 10.0 Å². The van der Waals surface area contributed by atoms with Gasteiger partial charge in [0.25, 0.3) is 0 Å². The van der Waals surface area contributed by atoms with Gasteiger partial charge in [-0.15, -0.1) is 0 Å². The van der Waals surface area contributed by atoms with Crippen LogP contribution in [0.1, 0.15) is 18.9 Å². The molecule has 0 amide bonds. The first-order valence-corrected chi connectivity index (χ1v) is 9.42. The van der Waals surface area contributed by atoms with Gasteiger partial charge >= 0.3 is 0 Å². The molecule has 0 unspecified atom stereocenters. The predicted octanol–water partition coefficient (Wildman–Crippen LogP) is 2.98. The molecule has 0 spiro atoms. The molecule has 7 heteroatoms. The van der Waals surface area contributed by atoms with E-state index in [1.165, 1.54) is 16.1 Å². The third-order valence-corrected chi connectivity index (χ3v) is 6.21. The van der Waals surface area contributed by atoms with Crippen molar-refractivity contribution >= 4 is 38.6 Å². The first-order chi connectivity index (χ1) is 9.53. The number of benzene rings is 1. The second kappa shape index (κ2) is 6.83. The summed E-state index contributed by atoms with van der Waals surface area (Å²) >= 11 is 7.38. The molecule has 0 aliphatic carbocycles. The van der Waals surface area contributed by atoms with Crippen molar-refractivity contribution in [3.63, 3.8) is 0 Å². The Labute approximate surface area is 129 Å². The third kappa shape index (κ3) is 3.90. The van der Waals surface area contributed by atoms with Crippen LogP contribution in [0.2, 0.25) is 5.02 Å². The number of amidine groups is 1. The lowest BCUT2D eigenvalue weighted by Gasteiger charge is -2.19. The minimum atomic E-state index is -3.22. The smallest absolute Gasteiger partial charge is 0.236 e. The summed E-state index contributed by atoms with van der Waals surface area (Å²) in [6.45, 7) is 2.87. The summed E-state index contributed by atoms with van der Waals surface area (Å²) in [5.74, 6) is 0.835. The SMILES string of the molecule is CCCS(=O)(=O)N1CCN=C1SCc1cccc(Cl)c1. The van der Waals surface area contributed by atoms with Crippen molar-refractivity contribution in [2.45, 2.75) is 19.1 Å². The molecule has 1 aromatic carbocycles. The number of halogens is 1. The molecule has 0 aromatic heterocycles. The Morgan fingerprint density at radius 2 is 2.25 bits per heavy atom. The normalized spacial score (nSPS) is 15.5. The monoisotopic (exact) mass is 332 g/mol. The van der Waals surface area contributed by atoms with E-state index in [9.17, 15) is 8.42 Å². The zero-order chi connectivity index (χ0) is 14.6. The van der Waals surface area contributed by atoms with Crippen molar-refractivity contribution in [2.24, 2.45) is 4.99 Å². The van der Waals surface area contributed by atoms with Crippen LogP contribution in [-0.2, 0) is 15.8 Å². The fourth-order valence-electron chi connectivity index (χ4n) is 1.93. The number of thioether (sulfide) groups is 1. The van der Waals surface area contributed by atoms with Crippen LogP contribution < -0.4 is 0 Å². The van der Waals surface area contributed by atoms with Crippen LogP contribution in [0.3, 0.4) is 0 Å². The average molecular weight is 333 g/mol. The third-order valence-electron chi connectivity index (χ3n) is 2.82. The zero-order valence-corrected chi connectivity index (χ0v) is 13.6. The highest BCUT2D eigenvalue weighted by Crippen LogP contribution is 2.23. The van der Waals surface area contributed by atoms with Gasteiger partial charge in [-0.05, 0) is 24.1 Å². The highest BCUT2D eigenvalue weighted by Gasteiger charge is 2.28. The van der Waals surface area contributed by atoms with Gasteiger partial charge in [-0.2, -0.15) is 0 Å². The molecule has 0 N–H and O–H groups in total. The van der Waals surface area contributed by atoms with Crippen LogP contribution in [0.25, 0.3) is 0 Å². The van der Waals surface area contributed by atoms with Gasteiger partial charge in [0.05, 0.1) is 18.8 Å². The first kappa shape index (κ1) is 15.7. The standard InChI is InChI=1S/C13H17ClN2O2S2/c1-2-8-20(17,18)16-7-6-15-13(16)19-10-11-4-3-5-12(14)9-11/h3-5,9H,2,6-8,10H2,1H3. The molecule has 0 fully saturated rings. The quantitative estimate of drug-likeness (QED) is 0.833. The van der Waals surface area contributed by atoms with Crippen molar-refractivity contribution in [2.75, 3.05) is 18.8 Å². The molecular formula is C13H17ClN2O2S2. The van der Waals surface area contributed by atoms with Crippen LogP contribution in [0.5, 0.6) is 0 Å². The Morgan fingerprint density at radius 3 is 2.95 bits per heavy atom. The molecule has 1 aromatic rings. The summed E-state index contributed by atoms with van der Waals surface area (Å²) in [6.07, 6.45) is 0.616. The van der Waals surface area contributed by atoms with E-state index in [0.717, 1.165) is 5.56 Å². The van der Waals surface area contributed by atoms with Gasteiger partial charge in [-0.3, -0.25) is 4.99 Å². The molecule has 0 saturated carbocycles. The number of sulfonamides is 1. The minimum Gasteiger partial charge on any atom is -0.260 e. The molecule has 0 bridgehead atoms. The average Bonchev–Trinajstić information content (AvgIpc) is 2.85. The molecule has 0 radical (unpaired) electrons. The van der Waals surface area contributed by atoms with E-state index >= 15 is 0 Å². The summed E-state index contributed by atoms with van der Waals surface area (Å²) < 4.78 is 25.7. The second-order valence-corrected chi connectivity index (χ2v) is 7.86. The molecule has 0 saturated heterocycles. The Kier molecular flexibility index (Phi) is 5.35. The van der Waals surface area contributed by atoms with Gasteiger partial charge < -0.3 is 0 Å². The Hall–Kier alpha value is -0.720. The van der Waals surface area contributed by atoms with Crippen molar-refractivity contribution in [1.82, 2.24) is 4.31 Å². The van der Waals surface area contributed by atoms with Crippen molar-refractivity contribution in [3.8, 4) is 0 Å². The fourth-order valence-corrected chi connectivity index (χ4v) is 4.93. The highest BCUT2D eigenvalue weighted by molar-refractivity contribution is 8.14. The minimum absolute atomic E-state index is 0.170. The predicted molar refractivity (Wildman–Crippen MR) is 85.8 cm³/mol. The number of hydrogen-bond acceptors (Lipinski definition) is 4. The highest BCUT2D eigenvalue weighted by atomic mass is 35.5. The van der Waals surface area contributed by atoms with E-state index in [1.807, 2.05) is 31.2 Å². The molecule has 1 aliphatic rings. The zero-order valence-electron chi connectivity index (χ0n) is 11.3. The van der Waals surface area contributed by atoms with Gasteiger partial charge in [0.2, 0.25) is 10.0 Å². The lowest BCUT2D eigenvalue weighted by Crippen LogP contribution is -2.34. The Morgan fingerprint density at radius 1 is 1.45 bits per heavy atom. The lowest BCUT2D eigenvalue weighted by atomic mass is 10.2. The molecule has 1 heterocycles. The second-order valence-electron chi connectivity index (χ2n) is 4.47. The maximum Gasteiger partial charge on any atom is 0.236 e. The number of hydrogen-bond donors (Lipinski definition) is 0. The summed E-state index contributed by atoms with van der Waals surface area (Å²) in [7, 11) is -3.22. The van der Waals surface area contributed by atoms with Gasteiger partial charge in [0.15, 0.2) is 5.17 Å². The van der Waals surface area contributed by atoms with E-state index in [1.54, 1.807) is 0 Å². The van der Waals surface area contributed by atoms with Crippen LogP contribution in [0.4, 0.5) is 0 Å². The maximum atomic E-state index is 12.1. The van der Waals surface area contributed by atoms with Crippen LogP contribution in [0.15, 0.2) is 29.3 Å². The lowest BCUT2D eigenvalue weighted by molar-refractivity contribution is 0.539. The molecule has 20 heavy (non-hydrogen) atoms. The van der Waals surface area contributed by atoms with Crippen LogP contribution in [0, 0.1) is 0 Å². The molecule has 1 aliphatic heterocycles. The van der Waals surface area contributed by atoms with Gasteiger partial charge in [0, 0.05) is 10.8 Å². The van der Waals surface area contributed by atoms with Crippen molar-refractivity contribution < 1.29 is 8.42 Å². The molecule has 0 atom stereocenters. The summed E-state index contributed by atoms with van der Waals surface area (Å²) in [6, 6.07) is 7.56. The van der Waals surface area contributed by atoms with Crippen LogP contribution >= 0.6 is 23.4 Å². The summed E-state index contributed by atoms with van der Waals surface area (Å²) in [5, 5.41) is 1.28. The van der Waals surface area contributed by atoms with Gasteiger partial charge in [0.1, 0.15) is 0 Å². The maximum absolute atomic E-state index is 12.1. The fraction of sp³-hybridized carbons (Fsp3) is 0.462. The number of nitrogens with zero attached hydrogens (tertiary/aromatic N) is 2. The molecule has 4 nitrogen and oxygen atoms in total. The molecule has 110 valence electrons. The van der Waals surface area contributed by atoms with Crippen LogP contribution in [-0.4, -0.2) is 36.7 Å². The van der Waals surface area contributed by atoms with E-state index in [4.69, 9.17) is 11.6 Å². The Balaban J connectivity index is 2.02. The van der Waals surface area contributed by atoms with Crippen molar-refractivity contribution in [1.29, 1.82) is 0 Å². The first-order valence-electron chi connectivity index (χ1n) is 6.45. The largest absolute Gasteiger partial charge is 0.260 e. The molecule has 2 rings (SSSR count). The van der Waals surface area contributed by atoms with E-state index in [2.05, 4.69) is 4.99 Å². The summed E-state index contributed by atoms with van der Waals surface area (Å²) in [5.41, 5.74) is 1.06. The van der Waals surface area contributed by atoms with Crippen molar-refractivity contribution in [3.05, 3.63) is 34.9 Å². The number of aliphatic imine (C=N–C) groups is 1. The topological polar surface area (TPSA) is 49.7 Å².